The lowest BCUT2D eigenvalue weighted by Crippen LogP contribution is -2.44. The minimum absolute atomic E-state index is 0. The van der Waals surface area contributed by atoms with E-state index in [1.165, 1.54) is 11.6 Å². The van der Waals surface area contributed by atoms with Gasteiger partial charge in [-0.05, 0) is 54.5 Å². The predicted molar refractivity (Wildman–Crippen MR) is 109 cm³/mol. The summed E-state index contributed by atoms with van der Waals surface area (Å²) in [6, 6.07) is 12.2. The summed E-state index contributed by atoms with van der Waals surface area (Å²) in [6.45, 7) is 0. The third-order valence-corrected chi connectivity index (χ3v) is 5.61. The Labute approximate surface area is 166 Å². The molecule has 0 aliphatic heterocycles. The number of hydrogen-bond acceptors (Lipinski definition) is 2. The van der Waals surface area contributed by atoms with Crippen LogP contribution < -0.4 is 4.90 Å². The maximum atomic E-state index is 13.6. The van der Waals surface area contributed by atoms with Gasteiger partial charge in [0, 0.05) is 26.2 Å². The summed E-state index contributed by atoms with van der Waals surface area (Å²) in [7, 11) is 4.04. The van der Waals surface area contributed by atoms with E-state index in [0.29, 0.717) is 18.4 Å². The molecule has 1 aliphatic rings. The van der Waals surface area contributed by atoms with Gasteiger partial charge in [-0.2, -0.15) is 0 Å². The van der Waals surface area contributed by atoms with E-state index in [9.17, 15) is 13.9 Å². The highest BCUT2D eigenvalue weighted by Crippen LogP contribution is 2.39. The monoisotopic (exact) mass is 395 g/mol. The fraction of sp³-hybridized carbons (Fsp3) is 0.455. The Morgan fingerprint density at radius 1 is 1.07 bits per heavy atom. The molecule has 2 unspecified atom stereocenters. The van der Waals surface area contributed by atoms with E-state index in [1.807, 2.05) is 26.2 Å². The van der Waals surface area contributed by atoms with Gasteiger partial charge in [0.05, 0.1) is 5.60 Å². The van der Waals surface area contributed by atoms with Crippen LogP contribution in [0.15, 0.2) is 42.5 Å². The Hall–Kier alpha value is -1.65. The molecule has 1 N–H and O–H groups in total. The smallest absolute Gasteiger partial charge is 0.159 e. The zero-order valence-corrected chi connectivity index (χ0v) is 16.7. The molecular weight excluding hydrogens is 368 g/mol. The third-order valence-electron chi connectivity index (χ3n) is 5.61. The molecule has 1 aliphatic carbocycles. The topological polar surface area (TPSA) is 23.5 Å². The lowest BCUT2D eigenvalue weighted by molar-refractivity contribution is -0.0476. The Kier molecular flexibility index (Phi) is 7.24. The van der Waals surface area contributed by atoms with Crippen molar-refractivity contribution in [3.63, 3.8) is 0 Å². The lowest BCUT2D eigenvalue weighted by atomic mass is 9.70. The number of halogens is 3. The molecule has 1 fully saturated rings. The molecule has 0 spiro atoms. The third kappa shape index (κ3) is 4.99. The van der Waals surface area contributed by atoms with E-state index in [1.54, 1.807) is 6.07 Å². The number of anilines is 1. The number of aliphatic hydroxyl groups is 1. The Balaban J connectivity index is 0.00000261. The van der Waals surface area contributed by atoms with Crippen molar-refractivity contribution < 1.29 is 13.9 Å². The zero-order chi connectivity index (χ0) is 18.7. The van der Waals surface area contributed by atoms with Crippen molar-refractivity contribution >= 4 is 18.1 Å². The van der Waals surface area contributed by atoms with Crippen LogP contribution >= 0.6 is 12.4 Å². The molecular formula is C22H28ClF2NO. The van der Waals surface area contributed by atoms with Crippen molar-refractivity contribution in [3.8, 4) is 0 Å². The SMILES string of the molecule is CN(C)c1ccccc1CC1CCCCC1(O)Cc1ccc(F)c(F)c1.Cl. The van der Waals surface area contributed by atoms with Gasteiger partial charge in [-0.3, -0.25) is 0 Å². The molecule has 1 saturated carbocycles. The van der Waals surface area contributed by atoms with Crippen molar-refractivity contribution in [2.45, 2.75) is 44.1 Å². The predicted octanol–water partition coefficient (Wildman–Crippen LogP) is 5.16. The average Bonchev–Trinajstić information content (AvgIpc) is 2.60. The molecule has 0 heterocycles. The molecule has 5 heteroatoms. The fourth-order valence-corrected chi connectivity index (χ4v) is 4.21. The average molecular weight is 396 g/mol. The van der Waals surface area contributed by atoms with Gasteiger partial charge in [0.1, 0.15) is 0 Å². The van der Waals surface area contributed by atoms with Crippen molar-refractivity contribution in [1.29, 1.82) is 0 Å². The first kappa shape index (κ1) is 21.6. The van der Waals surface area contributed by atoms with Gasteiger partial charge in [0.25, 0.3) is 0 Å². The summed E-state index contributed by atoms with van der Waals surface area (Å²) in [4.78, 5) is 2.09. The van der Waals surface area contributed by atoms with Gasteiger partial charge in [-0.1, -0.05) is 37.1 Å². The number of benzene rings is 2. The second kappa shape index (κ2) is 9.03. The summed E-state index contributed by atoms with van der Waals surface area (Å²) in [5.41, 5.74) is 2.14. The van der Waals surface area contributed by atoms with Gasteiger partial charge in [0.2, 0.25) is 0 Å². The van der Waals surface area contributed by atoms with Crippen molar-refractivity contribution in [3.05, 3.63) is 65.2 Å². The van der Waals surface area contributed by atoms with Crippen LogP contribution in [0.1, 0.15) is 36.8 Å². The minimum atomic E-state index is -0.887. The molecule has 148 valence electrons. The Morgan fingerprint density at radius 3 is 2.52 bits per heavy atom. The number of rotatable bonds is 5. The van der Waals surface area contributed by atoms with E-state index in [2.05, 4.69) is 17.0 Å². The molecule has 0 amide bonds. The Morgan fingerprint density at radius 2 is 1.81 bits per heavy atom. The Bertz CT molecular complexity index is 768. The van der Waals surface area contributed by atoms with Crippen LogP contribution in [-0.4, -0.2) is 24.8 Å². The van der Waals surface area contributed by atoms with E-state index >= 15 is 0 Å². The van der Waals surface area contributed by atoms with Crippen LogP contribution in [0.25, 0.3) is 0 Å². The molecule has 2 nitrogen and oxygen atoms in total. The van der Waals surface area contributed by atoms with Gasteiger partial charge in [0.15, 0.2) is 11.6 Å². The standard InChI is InChI=1S/C22H27F2NO.ClH/c1-25(2)21-9-4-3-7-17(21)14-18-8-5-6-12-22(18,26)15-16-10-11-19(23)20(24)13-16;/h3-4,7,9-11,13,18,26H,5-6,8,12,14-15H2,1-2H3;1H. The summed E-state index contributed by atoms with van der Waals surface area (Å²) < 4.78 is 26.8. The van der Waals surface area contributed by atoms with Crippen LogP contribution in [0.4, 0.5) is 14.5 Å². The van der Waals surface area contributed by atoms with Crippen LogP contribution in [0.5, 0.6) is 0 Å². The number of nitrogens with zero attached hydrogens (tertiary/aromatic N) is 1. The second-order valence-electron chi connectivity index (χ2n) is 7.70. The maximum Gasteiger partial charge on any atom is 0.159 e. The molecule has 0 radical (unpaired) electrons. The molecule has 3 rings (SSSR count). The summed E-state index contributed by atoms with van der Waals surface area (Å²) in [5, 5.41) is 11.4. The second-order valence-corrected chi connectivity index (χ2v) is 7.70. The number of hydrogen-bond donors (Lipinski definition) is 1. The van der Waals surface area contributed by atoms with Crippen molar-refractivity contribution in [2.24, 2.45) is 5.92 Å². The first-order chi connectivity index (χ1) is 12.4. The van der Waals surface area contributed by atoms with Gasteiger partial charge in [-0.25, -0.2) is 8.78 Å². The largest absolute Gasteiger partial charge is 0.389 e. The molecule has 2 aromatic carbocycles. The molecule has 27 heavy (non-hydrogen) atoms. The van der Waals surface area contributed by atoms with Crippen LogP contribution in [-0.2, 0) is 12.8 Å². The minimum Gasteiger partial charge on any atom is -0.389 e. The van der Waals surface area contributed by atoms with Crippen LogP contribution in [0.2, 0.25) is 0 Å². The first-order valence-electron chi connectivity index (χ1n) is 9.30. The normalized spacial score (nSPS) is 22.2. The quantitative estimate of drug-likeness (QED) is 0.755. The lowest BCUT2D eigenvalue weighted by Gasteiger charge is -2.41. The summed E-state index contributed by atoms with van der Waals surface area (Å²) in [5.74, 6) is -1.59. The highest BCUT2D eigenvalue weighted by molar-refractivity contribution is 5.85. The van der Waals surface area contributed by atoms with E-state index in [4.69, 9.17) is 0 Å². The molecule has 0 saturated heterocycles. The summed E-state index contributed by atoms with van der Waals surface area (Å²) >= 11 is 0. The van der Waals surface area contributed by atoms with Crippen molar-refractivity contribution in [2.75, 3.05) is 19.0 Å². The van der Waals surface area contributed by atoms with Crippen LogP contribution in [0.3, 0.4) is 0 Å². The molecule has 2 aromatic rings. The molecule has 0 aromatic heterocycles. The zero-order valence-electron chi connectivity index (χ0n) is 15.9. The maximum absolute atomic E-state index is 13.6. The fourth-order valence-electron chi connectivity index (χ4n) is 4.21. The van der Waals surface area contributed by atoms with E-state index < -0.39 is 17.2 Å². The summed E-state index contributed by atoms with van der Waals surface area (Å²) in [6.07, 6.45) is 4.84. The van der Waals surface area contributed by atoms with Crippen molar-refractivity contribution in [1.82, 2.24) is 0 Å². The van der Waals surface area contributed by atoms with Gasteiger partial charge in [-0.15, -0.1) is 12.4 Å². The molecule has 0 bridgehead atoms. The van der Waals surface area contributed by atoms with Gasteiger partial charge < -0.3 is 10.0 Å². The highest BCUT2D eigenvalue weighted by Gasteiger charge is 2.39. The highest BCUT2D eigenvalue weighted by atomic mass is 35.5. The van der Waals surface area contributed by atoms with E-state index in [0.717, 1.165) is 37.4 Å². The van der Waals surface area contributed by atoms with E-state index in [-0.39, 0.29) is 18.3 Å². The molecule has 2 atom stereocenters. The first-order valence-corrected chi connectivity index (χ1v) is 9.30. The van der Waals surface area contributed by atoms with Crippen LogP contribution in [0, 0.1) is 17.6 Å². The number of para-hydroxylation sites is 1. The van der Waals surface area contributed by atoms with Gasteiger partial charge >= 0.3 is 0 Å².